The molecule has 0 saturated heterocycles. The van der Waals surface area contributed by atoms with E-state index < -0.39 is 13.7 Å². The third-order valence-corrected chi connectivity index (χ3v) is 3.61. The van der Waals surface area contributed by atoms with Crippen molar-refractivity contribution < 1.29 is 27.9 Å². The number of hydrogen-bond acceptors (Lipinski definition) is 6. The minimum Gasteiger partial charge on any atom is -0.426 e. The van der Waals surface area contributed by atoms with Crippen molar-refractivity contribution in [1.82, 2.24) is 0 Å². The Hall–Kier alpha value is -1.20. The largest absolute Gasteiger partial charge is 0.426 e. The molecule has 0 spiro atoms. The molecule has 24 heavy (non-hydrogen) atoms. The molecule has 7 heteroatoms. The van der Waals surface area contributed by atoms with Crippen molar-refractivity contribution in [2.45, 2.75) is 41.2 Å². The van der Waals surface area contributed by atoms with Crippen LogP contribution in [0.4, 0.5) is 0 Å². The van der Waals surface area contributed by atoms with E-state index in [-0.39, 0.29) is 5.97 Å². The number of ether oxygens (including phenoxy) is 2. The maximum Gasteiger partial charge on any atom is 0.319 e. The Labute approximate surface area is 145 Å². The van der Waals surface area contributed by atoms with Crippen molar-refractivity contribution >= 4 is 14.2 Å². The van der Waals surface area contributed by atoms with Crippen LogP contribution in [0, 0.1) is 5.41 Å². The number of methoxy groups -OCH3 is 1. The summed E-state index contributed by atoms with van der Waals surface area (Å²) in [6.45, 7) is 10.5. The van der Waals surface area contributed by atoms with Crippen LogP contribution >= 0.6 is 8.25 Å². The third kappa shape index (κ3) is 10.6. The SMILES string of the molecule is CCO[PH](=O)OCC.COCc1cccc(OC(=O)C(C)(C)C)c1. The monoisotopic (exact) mass is 360 g/mol. The van der Waals surface area contributed by atoms with Crippen LogP contribution in [0.2, 0.25) is 0 Å². The molecule has 0 unspecified atom stereocenters. The van der Waals surface area contributed by atoms with Crippen molar-refractivity contribution in [3.8, 4) is 5.75 Å². The lowest BCUT2D eigenvalue weighted by atomic mass is 9.97. The van der Waals surface area contributed by atoms with Crippen molar-refractivity contribution in [3.63, 3.8) is 0 Å². The molecule has 0 aromatic heterocycles. The van der Waals surface area contributed by atoms with Gasteiger partial charge < -0.3 is 18.5 Å². The quantitative estimate of drug-likeness (QED) is 0.412. The zero-order valence-corrected chi connectivity index (χ0v) is 16.4. The lowest BCUT2D eigenvalue weighted by molar-refractivity contribution is -0.143. The second-order valence-corrected chi connectivity index (χ2v) is 6.91. The number of hydrogen-bond donors (Lipinski definition) is 0. The van der Waals surface area contributed by atoms with E-state index in [1.165, 1.54) is 0 Å². The lowest BCUT2D eigenvalue weighted by Crippen LogP contribution is -2.25. The van der Waals surface area contributed by atoms with E-state index in [9.17, 15) is 9.36 Å². The number of benzene rings is 1. The first kappa shape index (κ1) is 22.8. The van der Waals surface area contributed by atoms with Gasteiger partial charge in [0.2, 0.25) is 0 Å². The Morgan fingerprint density at radius 2 is 1.71 bits per heavy atom. The van der Waals surface area contributed by atoms with Gasteiger partial charge in [-0.25, -0.2) is 0 Å². The van der Waals surface area contributed by atoms with Gasteiger partial charge in [-0.1, -0.05) is 12.1 Å². The first-order valence-electron chi connectivity index (χ1n) is 7.84. The van der Waals surface area contributed by atoms with E-state index in [1.807, 2.05) is 39.0 Å². The summed E-state index contributed by atoms with van der Waals surface area (Å²) in [4.78, 5) is 11.6. The minimum atomic E-state index is -2.14. The summed E-state index contributed by atoms with van der Waals surface area (Å²) in [6.07, 6.45) is 0. The Kier molecular flexibility index (Phi) is 11.6. The molecule has 0 aliphatic heterocycles. The number of carbonyl (C=O) groups excluding carboxylic acids is 1. The van der Waals surface area contributed by atoms with Gasteiger partial charge in [0.25, 0.3) is 0 Å². The van der Waals surface area contributed by atoms with Crippen LogP contribution in [0.5, 0.6) is 5.75 Å². The fourth-order valence-corrected chi connectivity index (χ4v) is 1.96. The normalized spacial score (nSPS) is 11.0. The fourth-order valence-electron chi connectivity index (χ4n) is 1.40. The van der Waals surface area contributed by atoms with Crippen LogP contribution < -0.4 is 4.74 Å². The molecule has 0 radical (unpaired) electrons. The molecule has 0 N–H and O–H groups in total. The second-order valence-electron chi connectivity index (χ2n) is 5.84. The first-order chi connectivity index (χ1) is 11.2. The Morgan fingerprint density at radius 3 is 2.17 bits per heavy atom. The van der Waals surface area contributed by atoms with Crippen molar-refractivity contribution in [2.24, 2.45) is 5.41 Å². The van der Waals surface area contributed by atoms with E-state index in [4.69, 9.17) is 9.47 Å². The van der Waals surface area contributed by atoms with Gasteiger partial charge in [-0.3, -0.25) is 9.36 Å². The zero-order chi connectivity index (χ0) is 18.6. The molecule has 6 nitrogen and oxygen atoms in total. The standard InChI is InChI=1S/C13H18O3.C4H11O3P/c1-13(2,3)12(14)16-11-7-5-6-10(8-11)9-15-4;1-3-6-8(5)7-4-2/h5-8H,9H2,1-4H3;8H,3-4H2,1-2H3. The number of rotatable bonds is 7. The molecule has 0 saturated carbocycles. The predicted molar refractivity (Wildman–Crippen MR) is 94.5 cm³/mol. The molecule has 1 rings (SSSR count). The maximum atomic E-state index is 11.6. The van der Waals surface area contributed by atoms with Gasteiger partial charge in [0.1, 0.15) is 5.75 Å². The first-order valence-corrected chi connectivity index (χ1v) is 9.06. The topological polar surface area (TPSA) is 71.1 Å². The third-order valence-electron chi connectivity index (χ3n) is 2.56. The van der Waals surface area contributed by atoms with Gasteiger partial charge in [0, 0.05) is 7.11 Å². The highest BCUT2D eigenvalue weighted by Gasteiger charge is 2.23. The summed E-state index contributed by atoms with van der Waals surface area (Å²) >= 11 is 0. The predicted octanol–water partition coefficient (Wildman–Crippen LogP) is 4.23. The highest BCUT2D eigenvalue weighted by molar-refractivity contribution is 7.33. The van der Waals surface area contributed by atoms with Gasteiger partial charge in [-0.2, -0.15) is 0 Å². The van der Waals surface area contributed by atoms with E-state index in [1.54, 1.807) is 27.0 Å². The van der Waals surface area contributed by atoms with Crippen molar-refractivity contribution in [3.05, 3.63) is 29.8 Å². The smallest absolute Gasteiger partial charge is 0.319 e. The number of carbonyl (C=O) groups is 1. The molecular weight excluding hydrogens is 331 g/mol. The molecule has 0 fully saturated rings. The maximum absolute atomic E-state index is 11.6. The Balaban J connectivity index is 0.000000561. The van der Waals surface area contributed by atoms with Gasteiger partial charge in [0.15, 0.2) is 0 Å². The van der Waals surface area contributed by atoms with E-state index >= 15 is 0 Å². The molecule has 0 aliphatic rings. The average molecular weight is 360 g/mol. The van der Waals surface area contributed by atoms with Crippen LogP contribution in [0.3, 0.4) is 0 Å². The molecule has 1 aromatic carbocycles. The molecule has 138 valence electrons. The van der Waals surface area contributed by atoms with Gasteiger partial charge in [-0.15, -0.1) is 0 Å². The second kappa shape index (κ2) is 12.2. The van der Waals surface area contributed by atoms with Crippen LogP contribution in [0.15, 0.2) is 24.3 Å². The summed E-state index contributed by atoms with van der Waals surface area (Å²) in [7, 11) is -0.509. The summed E-state index contributed by atoms with van der Waals surface area (Å²) in [5.74, 6) is 0.330. The molecule has 0 atom stereocenters. The summed E-state index contributed by atoms with van der Waals surface area (Å²) < 4.78 is 29.9. The van der Waals surface area contributed by atoms with Crippen LogP contribution in [0.1, 0.15) is 40.2 Å². The summed E-state index contributed by atoms with van der Waals surface area (Å²) in [6, 6.07) is 7.35. The highest BCUT2D eigenvalue weighted by Crippen LogP contribution is 2.22. The number of esters is 1. The molecular formula is C17H29O6P. The zero-order valence-electron chi connectivity index (χ0n) is 15.4. The molecule has 0 bridgehead atoms. The van der Waals surface area contributed by atoms with Crippen LogP contribution in [-0.4, -0.2) is 26.3 Å². The molecule has 0 amide bonds. The van der Waals surface area contributed by atoms with Gasteiger partial charge in [-0.05, 0) is 52.3 Å². The summed E-state index contributed by atoms with van der Waals surface area (Å²) in [5, 5.41) is 0. The van der Waals surface area contributed by atoms with Crippen LogP contribution in [0.25, 0.3) is 0 Å². The van der Waals surface area contributed by atoms with E-state index in [0.29, 0.717) is 25.6 Å². The molecule has 1 aromatic rings. The minimum absolute atomic E-state index is 0.234. The van der Waals surface area contributed by atoms with Crippen molar-refractivity contribution in [2.75, 3.05) is 20.3 Å². The van der Waals surface area contributed by atoms with Crippen molar-refractivity contribution in [1.29, 1.82) is 0 Å². The van der Waals surface area contributed by atoms with Gasteiger partial charge >= 0.3 is 14.2 Å². The summed E-state index contributed by atoms with van der Waals surface area (Å²) in [5.41, 5.74) is 0.499. The Morgan fingerprint density at radius 1 is 1.12 bits per heavy atom. The van der Waals surface area contributed by atoms with E-state index in [0.717, 1.165) is 5.56 Å². The molecule has 0 aliphatic carbocycles. The average Bonchev–Trinajstić information content (AvgIpc) is 2.48. The highest BCUT2D eigenvalue weighted by atomic mass is 31.1. The fraction of sp³-hybridized carbons (Fsp3) is 0.588. The van der Waals surface area contributed by atoms with Gasteiger partial charge in [0.05, 0.1) is 25.2 Å². The molecule has 0 heterocycles. The van der Waals surface area contributed by atoms with E-state index in [2.05, 4.69) is 9.05 Å². The lowest BCUT2D eigenvalue weighted by Gasteiger charge is -2.16. The van der Waals surface area contributed by atoms with Crippen LogP contribution in [-0.2, 0) is 29.8 Å². The Bertz CT molecular complexity index is 502.